The summed E-state index contributed by atoms with van der Waals surface area (Å²) >= 11 is 0. The Morgan fingerprint density at radius 2 is 2.04 bits per heavy atom. The van der Waals surface area contributed by atoms with Gasteiger partial charge >= 0.3 is 12.1 Å². The van der Waals surface area contributed by atoms with Crippen molar-refractivity contribution in [2.24, 2.45) is 0 Å². The van der Waals surface area contributed by atoms with Gasteiger partial charge in [-0.2, -0.15) is 5.10 Å². The highest BCUT2D eigenvalue weighted by molar-refractivity contribution is 6.01. The molecule has 2 N–H and O–H groups in total. The predicted octanol–water partition coefficient (Wildman–Crippen LogP) is 2.22. The summed E-state index contributed by atoms with van der Waals surface area (Å²) in [5.41, 5.74) is 2.21. The van der Waals surface area contributed by atoms with E-state index in [-0.39, 0.29) is 0 Å². The lowest BCUT2D eigenvalue weighted by atomic mass is 10.2. The van der Waals surface area contributed by atoms with Gasteiger partial charge in [-0.25, -0.2) is 19.2 Å². The number of urea groups is 2. The Morgan fingerprint density at radius 1 is 1.21 bits per heavy atom. The number of carbonyl (C=O) groups is 2. The van der Waals surface area contributed by atoms with Crippen molar-refractivity contribution in [1.29, 1.82) is 0 Å². The molecule has 3 aromatic rings. The lowest BCUT2D eigenvalue weighted by molar-refractivity contribution is 0.203. The van der Waals surface area contributed by atoms with E-state index < -0.39 is 12.1 Å². The van der Waals surface area contributed by atoms with Crippen molar-refractivity contribution in [3.8, 4) is 5.69 Å². The number of rotatable bonds is 2. The van der Waals surface area contributed by atoms with Gasteiger partial charge in [-0.05, 0) is 30.3 Å². The van der Waals surface area contributed by atoms with Gasteiger partial charge in [0.25, 0.3) is 0 Å². The van der Waals surface area contributed by atoms with Crippen LogP contribution in [0.4, 0.5) is 15.3 Å². The van der Waals surface area contributed by atoms with E-state index in [2.05, 4.69) is 20.7 Å². The van der Waals surface area contributed by atoms with Gasteiger partial charge in [0.05, 0.1) is 17.4 Å². The number of amides is 4. The molecule has 8 heteroatoms. The molecule has 0 spiro atoms. The number of fused-ring (bicyclic) bond motifs is 1. The summed E-state index contributed by atoms with van der Waals surface area (Å²) in [5, 5.41) is 10.4. The molecule has 0 aliphatic heterocycles. The lowest BCUT2D eigenvalue weighted by Crippen LogP contribution is -2.41. The average molecular weight is 324 g/mol. The van der Waals surface area contributed by atoms with Crippen molar-refractivity contribution in [1.82, 2.24) is 25.0 Å². The second kappa shape index (κ2) is 6.37. The zero-order valence-corrected chi connectivity index (χ0v) is 13.2. The van der Waals surface area contributed by atoms with E-state index in [9.17, 15) is 9.59 Å². The molecule has 0 saturated heterocycles. The van der Waals surface area contributed by atoms with Crippen LogP contribution in [0.1, 0.15) is 0 Å². The van der Waals surface area contributed by atoms with Gasteiger partial charge in [-0.15, -0.1) is 0 Å². The first-order valence-electron chi connectivity index (χ1n) is 7.25. The molecule has 0 radical (unpaired) electrons. The smallest absolute Gasteiger partial charge is 0.329 e. The minimum Gasteiger partial charge on any atom is -0.341 e. The van der Waals surface area contributed by atoms with Gasteiger partial charge in [0, 0.05) is 37.6 Å². The topological polar surface area (TPSA) is 92.2 Å². The zero-order chi connectivity index (χ0) is 17.1. The number of aromatic nitrogens is 3. The second-order valence-electron chi connectivity index (χ2n) is 5.10. The fraction of sp³-hybridized carbons (Fsp3) is 0.125. The number of hydrogen-bond donors (Lipinski definition) is 2. The van der Waals surface area contributed by atoms with E-state index in [1.807, 2.05) is 18.3 Å². The SMILES string of the molecule is CNC(=O)N(C)C(=O)Nc1ccc2nn(-c3cccnc3)cc2c1. The zero-order valence-electron chi connectivity index (χ0n) is 13.2. The van der Waals surface area contributed by atoms with Gasteiger partial charge in [0.1, 0.15) is 0 Å². The number of anilines is 1. The van der Waals surface area contributed by atoms with Crippen molar-refractivity contribution in [3.63, 3.8) is 0 Å². The number of nitrogens with one attached hydrogen (secondary N) is 2. The molecular formula is C16H16N6O2. The van der Waals surface area contributed by atoms with E-state index in [0.717, 1.165) is 21.5 Å². The van der Waals surface area contributed by atoms with Crippen LogP contribution in [0.2, 0.25) is 0 Å². The Labute approximate surface area is 138 Å². The summed E-state index contributed by atoms with van der Waals surface area (Å²) in [7, 11) is 2.86. The first-order valence-corrected chi connectivity index (χ1v) is 7.25. The van der Waals surface area contributed by atoms with Crippen LogP contribution in [0.5, 0.6) is 0 Å². The average Bonchev–Trinajstić information content (AvgIpc) is 3.04. The molecule has 0 aliphatic carbocycles. The summed E-state index contributed by atoms with van der Waals surface area (Å²) in [6, 6.07) is 8.06. The first-order chi connectivity index (χ1) is 11.6. The minimum atomic E-state index is -0.520. The largest absolute Gasteiger partial charge is 0.341 e. The summed E-state index contributed by atoms with van der Waals surface area (Å²) in [6.45, 7) is 0. The molecule has 0 unspecified atom stereocenters. The van der Waals surface area contributed by atoms with Crippen molar-refractivity contribution < 1.29 is 9.59 Å². The highest BCUT2D eigenvalue weighted by Gasteiger charge is 2.15. The lowest BCUT2D eigenvalue weighted by Gasteiger charge is -2.15. The van der Waals surface area contributed by atoms with E-state index >= 15 is 0 Å². The number of nitrogens with zero attached hydrogens (tertiary/aromatic N) is 4. The molecular weight excluding hydrogens is 308 g/mol. The summed E-state index contributed by atoms with van der Waals surface area (Å²) < 4.78 is 1.72. The van der Waals surface area contributed by atoms with Gasteiger partial charge < -0.3 is 10.6 Å². The Balaban J connectivity index is 1.84. The molecule has 1 aromatic carbocycles. The maximum absolute atomic E-state index is 12.0. The van der Waals surface area contributed by atoms with Crippen LogP contribution in [-0.4, -0.2) is 45.8 Å². The van der Waals surface area contributed by atoms with Crippen molar-refractivity contribution in [2.75, 3.05) is 19.4 Å². The fourth-order valence-electron chi connectivity index (χ4n) is 2.19. The van der Waals surface area contributed by atoms with E-state index in [0.29, 0.717) is 5.69 Å². The van der Waals surface area contributed by atoms with Gasteiger partial charge in [-0.3, -0.25) is 4.98 Å². The Hall–Kier alpha value is -3.42. The number of imide groups is 1. The van der Waals surface area contributed by atoms with Gasteiger partial charge in [-0.1, -0.05) is 0 Å². The van der Waals surface area contributed by atoms with Crippen LogP contribution in [0.15, 0.2) is 48.9 Å². The highest BCUT2D eigenvalue weighted by Crippen LogP contribution is 2.20. The molecule has 0 saturated carbocycles. The summed E-state index contributed by atoms with van der Waals surface area (Å²) in [5.74, 6) is 0. The number of benzene rings is 1. The summed E-state index contributed by atoms with van der Waals surface area (Å²) in [4.78, 5) is 28.5. The highest BCUT2D eigenvalue weighted by atomic mass is 16.2. The molecule has 0 fully saturated rings. The Morgan fingerprint density at radius 3 is 2.75 bits per heavy atom. The van der Waals surface area contributed by atoms with Crippen molar-refractivity contribution >= 4 is 28.7 Å². The normalized spacial score (nSPS) is 10.4. The third-order valence-corrected chi connectivity index (χ3v) is 3.49. The summed E-state index contributed by atoms with van der Waals surface area (Å²) in [6.07, 6.45) is 5.26. The maximum atomic E-state index is 12.0. The van der Waals surface area contributed by atoms with E-state index in [1.165, 1.54) is 14.1 Å². The van der Waals surface area contributed by atoms with Crippen molar-refractivity contribution in [2.45, 2.75) is 0 Å². The fourth-order valence-corrected chi connectivity index (χ4v) is 2.19. The van der Waals surface area contributed by atoms with Gasteiger partial charge in [0.2, 0.25) is 0 Å². The molecule has 0 aliphatic rings. The molecule has 3 rings (SSSR count). The monoisotopic (exact) mass is 324 g/mol. The van der Waals surface area contributed by atoms with Crippen molar-refractivity contribution in [3.05, 3.63) is 48.9 Å². The molecule has 0 bridgehead atoms. The molecule has 0 atom stereocenters. The molecule has 122 valence electrons. The molecule has 4 amide bonds. The van der Waals surface area contributed by atoms with E-state index in [1.54, 1.807) is 35.3 Å². The Bertz CT molecular complexity index is 890. The first kappa shape index (κ1) is 15.5. The number of carbonyl (C=O) groups excluding carboxylic acids is 2. The standard InChI is InChI=1S/C16H16N6O2/c1-17-15(23)21(2)16(24)19-12-5-6-14-11(8-12)10-22(20-14)13-4-3-7-18-9-13/h3-10H,1-2H3,(H,17,23)(H,19,24). The minimum absolute atomic E-state index is 0.488. The maximum Gasteiger partial charge on any atom is 0.329 e. The van der Waals surface area contributed by atoms with Crippen LogP contribution in [0.3, 0.4) is 0 Å². The van der Waals surface area contributed by atoms with Crippen LogP contribution in [0, 0.1) is 0 Å². The number of pyridine rings is 1. The molecule has 8 nitrogen and oxygen atoms in total. The third kappa shape index (κ3) is 3.02. The molecule has 2 aromatic heterocycles. The second-order valence-corrected chi connectivity index (χ2v) is 5.10. The third-order valence-electron chi connectivity index (χ3n) is 3.49. The van der Waals surface area contributed by atoms with Crippen LogP contribution >= 0.6 is 0 Å². The number of hydrogen-bond acceptors (Lipinski definition) is 4. The quantitative estimate of drug-likeness (QED) is 0.756. The molecule has 24 heavy (non-hydrogen) atoms. The van der Waals surface area contributed by atoms with Gasteiger partial charge in [0.15, 0.2) is 0 Å². The predicted molar refractivity (Wildman–Crippen MR) is 90.1 cm³/mol. The van der Waals surface area contributed by atoms with Crippen LogP contribution in [0.25, 0.3) is 16.6 Å². The van der Waals surface area contributed by atoms with Crippen LogP contribution in [-0.2, 0) is 0 Å². The molecule has 2 heterocycles. The van der Waals surface area contributed by atoms with E-state index in [4.69, 9.17) is 0 Å². The van der Waals surface area contributed by atoms with Crippen LogP contribution < -0.4 is 10.6 Å². The Kier molecular flexibility index (Phi) is 4.11.